The first-order valence-electron chi connectivity index (χ1n) is 10.5. The van der Waals surface area contributed by atoms with Crippen molar-refractivity contribution in [3.63, 3.8) is 0 Å². The van der Waals surface area contributed by atoms with Crippen LogP contribution in [0, 0.1) is 5.92 Å². The van der Waals surface area contributed by atoms with E-state index in [9.17, 15) is 4.79 Å². The number of nitrogens with one attached hydrogen (secondary N) is 1. The molecule has 29 heavy (non-hydrogen) atoms. The van der Waals surface area contributed by atoms with E-state index in [1.54, 1.807) is 6.20 Å². The van der Waals surface area contributed by atoms with Crippen LogP contribution in [-0.2, 0) is 26.1 Å². The highest BCUT2D eigenvalue weighted by molar-refractivity contribution is 5.95. The molecule has 0 atom stereocenters. The number of amides is 1. The first kappa shape index (κ1) is 21.8. The molecular weight excluding hydrogens is 390 g/mol. The van der Waals surface area contributed by atoms with Crippen molar-refractivity contribution in [1.29, 1.82) is 0 Å². The SMILES string of the molecule is CCc1c(C(=O)N2CCC(c3nnc4n3CCNC4)CC2)cnn1CC(C)C.Cl. The van der Waals surface area contributed by atoms with Gasteiger partial charge in [0, 0.05) is 38.6 Å². The summed E-state index contributed by atoms with van der Waals surface area (Å²) in [7, 11) is 0. The fourth-order valence-electron chi connectivity index (χ4n) is 4.39. The zero-order valence-corrected chi connectivity index (χ0v) is 18.4. The molecule has 0 aliphatic carbocycles. The lowest BCUT2D eigenvalue weighted by Crippen LogP contribution is -2.39. The average Bonchev–Trinajstić information content (AvgIpc) is 3.31. The highest BCUT2D eigenvalue weighted by atomic mass is 35.5. The summed E-state index contributed by atoms with van der Waals surface area (Å²) in [5, 5.41) is 16.6. The van der Waals surface area contributed by atoms with Crippen LogP contribution in [-0.4, -0.2) is 55.0 Å². The van der Waals surface area contributed by atoms with Gasteiger partial charge in [0.25, 0.3) is 5.91 Å². The summed E-state index contributed by atoms with van der Waals surface area (Å²) in [6.45, 7) is 11.5. The Bertz CT molecular complexity index is 836. The van der Waals surface area contributed by atoms with Crippen LogP contribution in [0.4, 0.5) is 0 Å². The molecule has 4 rings (SSSR count). The predicted molar refractivity (Wildman–Crippen MR) is 113 cm³/mol. The van der Waals surface area contributed by atoms with Gasteiger partial charge in [0.05, 0.1) is 24.0 Å². The van der Waals surface area contributed by atoms with Crippen LogP contribution in [0.15, 0.2) is 6.20 Å². The molecule has 8 nitrogen and oxygen atoms in total. The second-order valence-corrected chi connectivity index (χ2v) is 8.30. The van der Waals surface area contributed by atoms with Gasteiger partial charge in [-0.25, -0.2) is 0 Å². The number of carbonyl (C=O) groups excluding carboxylic acids is 1. The molecular formula is C20H32ClN7O. The third-order valence-corrected chi connectivity index (χ3v) is 5.85. The first-order valence-corrected chi connectivity index (χ1v) is 10.5. The Morgan fingerprint density at radius 1 is 1.24 bits per heavy atom. The van der Waals surface area contributed by atoms with Crippen molar-refractivity contribution >= 4 is 18.3 Å². The standard InChI is InChI=1S/C20H31N7O.ClH/c1-4-17-16(11-22-27(17)13-14(2)3)20(28)25-8-5-15(6-9-25)19-24-23-18-12-21-7-10-26(18)19;/h11,14-15,21H,4-10,12-13H2,1-3H3;1H. The third-order valence-electron chi connectivity index (χ3n) is 5.85. The molecule has 2 aliphatic heterocycles. The summed E-state index contributed by atoms with van der Waals surface area (Å²) in [6, 6.07) is 0. The van der Waals surface area contributed by atoms with Crippen LogP contribution < -0.4 is 5.32 Å². The Morgan fingerprint density at radius 2 is 2.00 bits per heavy atom. The lowest BCUT2D eigenvalue weighted by Gasteiger charge is -2.32. The Morgan fingerprint density at radius 3 is 2.69 bits per heavy atom. The maximum atomic E-state index is 13.1. The molecule has 1 amide bonds. The monoisotopic (exact) mass is 421 g/mol. The highest BCUT2D eigenvalue weighted by Crippen LogP contribution is 2.29. The Kier molecular flexibility index (Phi) is 6.95. The van der Waals surface area contributed by atoms with E-state index >= 15 is 0 Å². The molecule has 4 heterocycles. The number of hydrogen-bond acceptors (Lipinski definition) is 5. The summed E-state index contributed by atoms with van der Waals surface area (Å²) < 4.78 is 4.27. The normalized spacial score (nSPS) is 17.3. The maximum absolute atomic E-state index is 13.1. The molecule has 2 aromatic heterocycles. The van der Waals surface area contributed by atoms with Gasteiger partial charge >= 0.3 is 0 Å². The quantitative estimate of drug-likeness (QED) is 0.800. The molecule has 0 bridgehead atoms. The summed E-state index contributed by atoms with van der Waals surface area (Å²) in [6.07, 6.45) is 4.47. The number of nitrogens with zero attached hydrogens (tertiary/aromatic N) is 6. The second-order valence-electron chi connectivity index (χ2n) is 8.30. The number of fused-ring (bicyclic) bond motifs is 1. The molecule has 1 N–H and O–H groups in total. The molecule has 2 aliphatic rings. The molecule has 0 radical (unpaired) electrons. The zero-order valence-electron chi connectivity index (χ0n) is 17.6. The Balaban J connectivity index is 0.00000240. The van der Waals surface area contributed by atoms with E-state index in [-0.39, 0.29) is 18.3 Å². The van der Waals surface area contributed by atoms with Crippen LogP contribution in [0.25, 0.3) is 0 Å². The number of piperidine rings is 1. The van der Waals surface area contributed by atoms with Crippen molar-refractivity contribution in [1.82, 2.24) is 34.8 Å². The largest absolute Gasteiger partial charge is 0.338 e. The Hall–Kier alpha value is -1.93. The number of hydrogen-bond donors (Lipinski definition) is 1. The van der Waals surface area contributed by atoms with Crippen LogP contribution in [0.1, 0.15) is 67.2 Å². The van der Waals surface area contributed by atoms with Gasteiger partial charge in [0.15, 0.2) is 0 Å². The molecule has 0 saturated carbocycles. The summed E-state index contributed by atoms with van der Waals surface area (Å²) in [5.41, 5.74) is 1.83. The number of halogens is 1. The van der Waals surface area contributed by atoms with Crippen LogP contribution in [0.2, 0.25) is 0 Å². The third kappa shape index (κ3) is 4.33. The van der Waals surface area contributed by atoms with Crippen LogP contribution in [0.3, 0.4) is 0 Å². The van der Waals surface area contributed by atoms with Gasteiger partial charge in [-0.05, 0) is 25.2 Å². The van der Waals surface area contributed by atoms with Gasteiger partial charge in [0.1, 0.15) is 11.6 Å². The Labute approximate surface area is 178 Å². The molecule has 1 fully saturated rings. The number of carbonyl (C=O) groups is 1. The maximum Gasteiger partial charge on any atom is 0.257 e. The van der Waals surface area contributed by atoms with Gasteiger partial charge in [-0.3, -0.25) is 9.48 Å². The highest BCUT2D eigenvalue weighted by Gasteiger charge is 2.30. The fourth-order valence-corrected chi connectivity index (χ4v) is 4.39. The van der Waals surface area contributed by atoms with E-state index in [0.717, 1.165) is 81.4 Å². The van der Waals surface area contributed by atoms with Gasteiger partial charge in [-0.15, -0.1) is 22.6 Å². The lowest BCUT2D eigenvalue weighted by molar-refractivity contribution is 0.0708. The van der Waals surface area contributed by atoms with Crippen molar-refractivity contribution in [2.24, 2.45) is 5.92 Å². The summed E-state index contributed by atoms with van der Waals surface area (Å²) >= 11 is 0. The first-order chi connectivity index (χ1) is 13.6. The number of likely N-dealkylation sites (tertiary alicyclic amines) is 1. The smallest absolute Gasteiger partial charge is 0.257 e. The fraction of sp³-hybridized carbons (Fsp3) is 0.700. The van der Waals surface area contributed by atoms with E-state index in [1.807, 2.05) is 9.58 Å². The zero-order chi connectivity index (χ0) is 19.7. The number of rotatable bonds is 5. The van der Waals surface area contributed by atoms with Crippen molar-refractivity contribution in [2.75, 3.05) is 19.6 Å². The minimum Gasteiger partial charge on any atom is -0.338 e. The van der Waals surface area contributed by atoms with Gasteiger partial charge < -0.3 is 14.8 Å². The molecule has 0 aromatic carbocycles. The van der Waals surface area contributed by atoms with Gasteiger partial charge in [-0.1, -0.05) is 20.8 Å². The van der Waals surface area contributed by atoms with Crippen LogP contribution in [0.5, 0.6) is 0 Å². The molecule has 1 saturated heterocycles. The summed E-state index contributed by atoms with van der Waals surface area (Å²) in [4.78, 5) is 15.1. The predicted octanol–water partition coefficient (Wildman–Crippen LogP) is 2.24. The minimum atomic E-state index is 0. The minimum absolute atomic E-state index is 0. The van der Waals surface area contributed by atoms with Crippen molar-refractivity contribution in [3.8, 4) is 0 Å². The van der Waals surface area contributed by atoms with E-state index in [4.69, 9.17) is 0 Å². The molecule has 160 valence electrons. The van der Waals surface area contributed by atoms with Crippen molar-refractivity contribution < 1.29 is 4.79 Å². The molecule has 0 unspecified atom stereocenters. The number of aromatic nitrogens is 5. The van der Waals surface area contributed by atoms with E-state index in [1.165, 1.54) is 0 Å². The van der Waals surface area contributed by atoms with E-state index in [0.29, 0.717) is 11.8 Å². The van der Waals surface area contributed by atoms with Crippen molar-refractivity contribution in [3.05, 3.63) is 29.1 Å². The molecule has 9 heteroatoms. The van der Waals surface area contributed by atoms with E-state index < -0.39 is 0 Å². The van der Waals surface area contributed by atoms with Crippen molar-refractivity contribution in [2.45, 2.75) is 65.6 Å². The van der Waals surface area contributed by atoms with E-state index in [2.05, 4.69) is 46.0 Å². The second kappa shape index (κ2) is 9.26. The van der Waals surface area contributed by atoms with Gasteiger partial charge in [-0.2, -0.15) is 5.10 Å². The lowest BCUT2D eigenvalue weighted by atomic mass is 9.95. The topological polar surface area (TPSA) is 80.9 Å². The molecule has 2 aromatic rings. The van der Waals surface area contributed by atoms with Crippen LogP contribution >= 0.6 is 12.4 Å². The molecule has 0 spiro atoms. The average molecular weight is 422 g/mol. The van der Waals surface area contributed by atoms with Gasteiger partial charge in [0.2, 0.25) is 0 Å². The summed E-state index contributed by atoms with van der Waals surface area (Å²) in [5.74, 6) is 3.15.